The number of halogens is 1. The summed E-state index contributed by atoms with van der Waals surface area (Å²) >= 11 is 3.38. The van der Waals surface area contributed by atoms with Crippen LogP contribution in [0.5, 0.6) is 0 Å². The van der Waals surface area contributed by atoms with Crippen molar-refractivity contribution in [2.75, 3.05) is 6.61 Å². The molecule has 1 aromatic carbocycles. The fraction of sp³-hybridized carbons (Fsp3) is 0.579. The molecule has 0 aromatic heterocycles. The minimum absolute atomic E-state index is 0.0656. The van der Waals surface area contributed by atoms with E-state index in [1.54, 1.807) is 0 Å². The third-order valence-corrected chi connectivity index (χ3v) is 4.23. The summed E-state index contributed by atoms with van der Waals surface area (Å²) in [6, 6.07) is 7.87. The van der Waals surface area contributed by atoms with Gasteiger partial charge in [0.1, 0.15) is 6.10 Å². The van der Waals surface area contributed by atoms with Gasteiger partial charge >= 0.3 is 11.9 Å². The first-order valence-corrected chi connectivity index (χ1v) is 9.31. The summed E-state index contributed by atoms with van der Waals surface area (Å²) in [5.41, 5.74) is 1.10. The Morgan fingerprint density at radius 1 is 1.08 bits per heavy atom. The van der Waals surface area contributed by atoms with Crippen molar-refractivity contribution >= 4 is 27.9 Å². The van der Waals surface area contributed by atoms with Gasteiger partial charge in [-0.15, -0.1) is 0 Å². The Morgan fingerprint density at radius 2 is 1.71 bits per heavy atom. The average molecular weight is 399 g/mol. The highest BCUT2D eigenvalue weighted by molar-refractivity contribution is 9.10. The molecule has 0 heterocycles. The van der Waals surface area contributed by atoms with E-state index in [4.69, 9.17) is 9.47 Å². The fourth-order valence-corrected chi connectivity index (χ4v) is 2.52. The zero-order valence-corrected chi connectivity index (χ0v) is 16.3. The number of carbonyl (C=O) groups excluding carboxylic acids is 2. The van der Waals surface area contributed by atoms with Gasteiger partial charge in [0.15, 0.2) is 0 Å². The Morgan fingerprint density at radius 3 is 2.29 bits per heavy atom. The molecule has 134 valence electrons. The van der Waals surface area contributed by atoms with Crippen molar-refractivity contribution in [2.24, 2.45) is 5.92 Å². The second-order valence-corrected chi connectivity index (χ2v) is 7.07. The van der Waals surface area contributed by atoms with Crippen molar-refractivity contribution in [1.82, 2.24) is 0 Å². The lowest BCUT2D eigenvalue weighted by Gasteiger charge is -2.20. The van der Waals surface area contributed by atoms with Crippen LogP contribution in [0.15, 0.2) is 28.7 Å². The van der Waals surface area contributed by atoms with E-state index in [0.29, 0.717) is 13.0 Å². The van der Waals surface area contributed by atoms with Crippen molar-refractivity contribution in [2.45, 2.75) is 59.0 Å². The molecule has 0 saturated heterocycles. The lowest BCUT2D eigenvalue weighted by Crippen LogP contribution is -2.24. The molecule has 0 aliphatic carbocycles. The van der Waals surface area contributed by atoms with Crippen molar-refractivity contribution in [3.63, 3.8) is 0 Å². The van der Waals surface area contributed by atoms with Crippen LogP contribution < -0.4 is 0 Å². The molecule has 0 saturated carbocycles. The lowest BCUT2D eigenvalue weighted by molar-refractivity contribution is -0.155. The summed E-state index contributed by atoms with van der Waals surface area (Å²) in [5, 5.41) is 0. The zero-order valence-electron chi connectivity index (χ0n) is 14.7. The van der Waals surface area contributed by atoms with Crippen LogP contribution in [0.3, 0.4) is 0 Å². The second kappa shape index (κ2) is 11.2. The molecule has 24 heavy (non-hydrogen) atoms. The molecule has 0 N–H and O–H groups in total. The van der Waals surface area contributed by atoms with Crippen LogP contribution >= 0.6 is 15.9 Å². The molecule has 1 aromatic rings. The standard InChI is InChI=1S/C19H27BrO4/c1-4-5-17(14(2)3)24-19(22)11-10-18(21)23-13-12-15-6-8-16(20)9-7-15/h6-9,14,17H,4-5,10-13H2,1-3H3. The van der Waals surface area contributed by atoms with Crippen LogP contribution in [0.4, 0.5) is 0 Å². The van der Waals surface area contributed by atoms with E-state index in [0.717, 1.165) is 22.9 Å². The Bertz CT molecular complexity index is 511. The highest BCUT2D eigenvalue weighted by Crippen LogP contribution is 2.14. The first kappa shape index (κ1) is 20.7. The summed E-state index contributed by atoms with van der Waals surface area (Å²) in [7, 11) is 0. The largest absolute Gasteiger partial charge is 0.465 e. The van der Waals surface area contributed by atoms with Crippen LogP contribution in [-0.4, -0.2) is 24.6 Å². The van der Waals surface area contributed by atoms with Gasteiger partial charge in [-0.1, -0.05) is 55.3 Å². The summed E-state index contributed by atoms with van der Waals surface area (Å²) in [6.45, 7) is 6.44. The molecule has 4 nitrogen and oxygen atoms in total. The molecule has 0 spiro atoms. The van der Waals surface area contributed by atoms with Gasteiger partial charge in [0.25, 0.3) is 0 Å². The maximum atomic E-state index is 11.8. The molecule has 1 atom stereocenters. The van der Waals surface area contributed by atoms with Crippen molar-refractivity contribution < 1.29 is 19.1 Å². The van der Waals surface area contributed by atoms with E-state index in [1.807, 2.05) is 38.1 Å². The molecule has 1 rings (SSSR count). The number of benzene rings is 1. The second-order valence-electron chi connectivity index (χ2n) is 6.16. The van der Waals surface area contributed by atoms with E-state index in [2.05, 4.69) is 22.9 Å². The van der Waals surface area contributed by atoms with Gasteiger partial charge in [-0.05, 0) is 30.0 Å². The summed E-state index contributed by atoms with van der Waals surface area (Å²) in [4.78, 5) is 23.5. The average Bonchev–Trinajstić information content (AvgIpc) is 2.54. The van der Waals surface area contributed by atoms with Gasteiger partial charge in [0, 0.05) is 10.9 Å². The maximum Gasteiger partial charge on any atom is 0.306 e. The Labute approximate surface area is 153 Å². The number of carbonyl (C=O) groups is 2. The van der Waals surface area contributed by atoms with E-state index < -0.39 is 0 Å². The monoisotopic (exact) mass is 398 g/mol. The SMILES string of the molecule is CCCC(OC(=O)CCC(=O)OCCc1ccc(Br)cc1)C(C)C. The molecule has 0 fully saturated rings. The lowest BCUT2D eigenvalue weighted by atomic mass is 10.0. The molecular formula is C19H27BrO4. The van der Waals surface area contributed by atoms with Crippen LogP contribution in [-0.2, 0) is 25.5 Å². The Hall–Kier alpha value is -1.36. The molecule has 1 unspecified atom stereocenters. The number of ether oxygens (including phenoxy) is 2. The van der Waals surface area contributed by atoms with Crippen LogP contribution in [0, 0.1) is 5.92 Å². The normalized spacial score (nSPS) is 12.0. The molecule has 0 aliphatic heterocycles. The maximum absolute atomic E-state index is 11.8. The molecule has 0 bridgehead atoms. The van der Waals surface area contributed by atoms with Crippen molar-refractivity contribution in [1.29, 1.82) is 0 Å². The van der Waals surface area contributed by atoms with E-state index in [9.17, 15) is 9.59 Å². The summed E-state index contributed by atoms with van der Waals surface area (Å²) < 4.78 is 11.6. The van der Waals surface area contributed by atoms with Crippen LogP contribution in [0.1, 0.15) is 52.0 Å². The predicted molar refractivity (Wildman–Crippen MR) is 97.7 cm³/mol. The van der Waals surface area contributed by atoms with E-state index >= 15 is 0 Å². The molecular weight excluding hydrogens is 372 g/mol. The van der Waals surface area contributed by atoms with Gasteiger partial charge in [-0.25, -0.2) is 0 Å². The van der Waals surface area contributed by atoms with Crippen LogP contribution in [0.25, 0.3) is 0 Å². The molecule has 0 radical (unpaired) electrons. The van der Waals surface area contributed by atoms with Crippen molar-refractivity contribution in [3.05, 3.63) is 34.3 Å². The molecule has 0 amide bonds. The number of hydrogen-bond donors (Lipinski definition) is 0. The topological polar surface area (TPSA) is 52.6 Å². The first-order valence-electron chi connectivity index (χ1n) is 8.52. The van der Waals surface area contributed by atoms with E-state index in [1.165, 1.54) is 0 Å². The molecule has 0 aliphatic rings. The quantitative estimate of drug-likeness (QED) is 0.536. The van der Waals surface area contributed by atoms with Gasteiger partial charge in [0.05, 0.1) is 19.4 Å². The molecule has 5 heteroatoms. The van der Waals surface area contributed by atoms with E-state index in [-0.39, 0.29) is 36.8 Å². The van der Waals surface area contributed by atoms with Gasteiger partial charge in [-0.3, -0.25) is 9.59 Å². The summed E-state index contributed by atoms with van der Waals surface area (Å²) in [5.74, 6) is -0.403. The van der Waals surface area contributed by atoms with Crippen LogP contribution in [0.2, 0.25) is 0 Å². The predicted octanol–water partition coefficient (Wildman–Crippen LogP) is 4.68. The minimum atomic E-state index is -0.361. The fourth-order valence-electron chi connectivity index (χ4n) is 2.25. The Kier molecular flexibility index (Phi) is 9.69. The third kappa shape index (κ3) is 8.48. The minimum Gasteiger partial charge on any atom is -0.465 e. The van der Waals surface area contributed by atoms with Gasteiger partial charge in [0.2, 0.25) is 0 Å². The smallest absolute Gasteiger partial charge is 0.306 e. The number of rotatable bonds is 10. The van der Waals surface area contributed by atoms with Crippen molar-refractivity contribution in [3.8, 4) is 0 Å². The Balaban J connectivity index is 2.22. The highest BCUT2D eigenvalue weighted by atomic mass is 79.9. The van der Waals surface area contributed by atoms with Gasteiger partial charge in [-0.2, -0.15) is 0 Å². The first-order chi connectivity index (χ1) is 11.4. The zero-order chi connectivity index (χ0) is 17.9. The van der Waals surface area contributed by atoms with Gasteiger partial charge < -0.3 is 9.47 Å². The highest BCUT2D eigenvalue weighted by Gasteiger charge is 2.18. The summed E-state index contributed by atoms with van der Waals surface area (Å²) in [6.07, 6.45) is 2.54. The number of hydrogen-bond acceptors (Lipinski definition) is 4. The third-order valence-electron chi connectivity index (χ3n) is 3.70. The number of esters is 2.